The Kier molecular flexibility index (Phi) is 6.03. The van der Waals surface area contributed by atoms with Crippen molar-refractivity contribution in [3.8, 4) is 0 Å². The number of anilines is 2. The van der Waals surface area contributed by atoms with Gasteiger partial charge in [0.15, 0.2) is 0 Å². The van der Waals surface area contributed by atoms with E-state index < -0.39 is 6.04 Å². The number of nitrogen functional groups attached to an aromatic ring is 1. The average Bonchev–Trinajstić information content (AvgIpc) is 2.85. The molecule has 0 aromatic carbocycles. The highest BCUT2D eigenvalue weighted by atomic mass is 32.1. The molecule has 20 heavy (non-hydrogen) atoms. The topological polar surface area (TPSA) is 90.1 Å². The molecule has 0 bridgehead atoms. The van der Waals surface area contributed by atoms with Crippen molar-refractivity contribution in [2.24, 2.45) is 0 Å². The third kappa shape index (κ3) is 3.51. The minimum absolute atomic E-state index is 0. The molecule has 2 rings (SSSR count). The van der Waals surface area contributed by atoms with Gasteiger partial charge in [0.2, 0.25) is 5.95 Å². The fourth-order valence-electron chi connectivity index (χ4n) is 1.82. The lowest BCUT2D eigenvalue weighted by molar-refractivity contribution is -0.141. The summed E-state index contributed by atoms with van der Waals surface area (Å²) in [6.07, 6.45) is 1.53. The van der Waals surface area contributed by atoms with Gasteiger partial charge in [-0.15, -0.1) is 11.3 Å². The van der Waals surface area contributed by atoms with Crippen LogP contribution in [-0.2, 0) is 9.53 Å². The molecule has 0 aliphatic heterocycles. The third-order valence-corrected chi connectivity index (χ3v) is 3.61. The lowest BCUT2D eigenvalue weighted by Gasteiger charge is -2.16. The predicted molar refractivity (Wildman–Crippen MR) is 86.5 cm³/mol. The monoisotopic (exact) mass is 314 g/mol. The van der Waals surface area contributed by atoms with Crippen LogP contribution in [0.2, 0.25) is 0 Å². The fraction of sp³-hybridized carbons (Fsp3) is 0.417. The maximum Gasteiger partial charge on any atom is 0.328 e. The highest BCUT2D eigenvalue weighted by Crippen LogP contribution is 2.27. The summed E-state index contributed by atoms with van der Waals surface area (Å²) in [4.78, 5) is 20.0. The predicted octanol–water partition coefficient (Wildman–Crippen LogP) is 2.14. The second kappa shape index (κ2) is 7.30. The second-order valence-electron chi connectivity index (χ2n) is 4.07. The summed E-state index contributed by atoms with van der Waals surface area (Å²) < 4.78 is 5.68. The van der Waals surface area contributed by atoms with Gasteiger partial charge < -0.3 is 15.8 Å². The zero-order valence-corrected chi connectivity index (χ0v) is 13.2. The van der Waals surface area contributed by atoms with E-state index in [-0.39, 0.29) is 25.4 Å². The van der Waals surface area contributed by atoms with Crippen molar-refractivity contribution in [1.29, 1.82) is 0 Å². The molecule has 0 aliphatic rings. The molecule has 0 saturated heterocycles. The number of hydrogen-bond donors (Lipinski definition) is 2. The highest BCUT2D eigenvalue weighted by Gasteiger charge is 2.20. The normalized spacial score (nSPS) is 11.7. The number of nitrogens with two attached hydrogens (primary N) is 1. The van der Waals surface area contributed by atoms with Gasteiger partial charge in [0.1, 0.15) is 11.9 Å². The molecule has 2 aromatic heterocycles. The number of thiophene rings is 1. The Morgan fingerprint density at radius 1 is 1.55 bits per heavy atom. The van der Waals surface area contributed by atoms with E-state index >= 15 is 0 Å². The molecule has 0 unspecified atom stereocenters. The van der Waals surface area contributed by atoms with Crippen LogP contribution < -0.4 is 11.1 Å². The molecule has 0 amide bonds. The smallest absolute Gasteiger partial charge is 0.328 e. The second-order valence-corrected chi connectivity index (χ2v) is 4.99. The maximum absolute atomic E-state index is 11.7. The van der Waals surface area contributed by atoms with Crippen molar-refractivity contribution >= 4 is 52.8 Å². The molecular formula is C12H18N4O2S2. The van der Waals surface area contributed by atoms with Gasteiger partial charge in [-0.2, -0.15) is 18.5 Å². The summed E-state index contributed by atoms with van der Waals surface area (Å²) in [7, 11) is 1.38. The number of nitrogens with one attached hydrogen (secondary N) is 1. The summed E-state index contributed by atoms with van der Waals surface area (Å²) in [6.45, 7) is 2.01. The van der Waals surface area contributed by atoms with Gasteiger partial charge in [0, 0.05) is 0 Å². The van der Waals surface area contributed by atoms with Crippen LogP contribution in [0.4, 0.5) is 11.8 Å². The number of fused-ring (bicyclic) bond motifs is 1. The Morgan fingerprint density at radius 3 is 2.95 bits per heavy atom. The molecule has 0 aliphatic carbocycles. The standard InChI is InChI=1S/C12H16N4O2S.H2S/c1-3-4-8(11(17)18-2)14-10-9-7(5-6-19-9)15-12(13)16-10;/h5-6,8H,3-4H2,1-2H3,(H3,13,14,15,16);1H2/t8-;/m0./s1. The molecule has 0 fully saturated rings. The summed E-state index contributed by atoms with van der Waals surface area (Å²) in [6, 6.07) is 1.45. The van der Waals surface area contributed by atoms with Gasteiger partial charge in [-0.3, -0.25) is 0 Å². The SMILES string of the molecule is CCC[C@H](Nc1nc(N)nc2ccsc12)C(=O)OC.S. The summed E-state index contributed by atoms with van der Waals surface area (Å²) in [5.74, 6) is 0.471. The van der Waals surface area contributed by atoms with Crippen molar-refractivity contribution in [3.05, 3.63) is 11.4 Å². The first kappa shape index (κ1) is 16.5. The lowest BCUT2D eigenvalue weighted by atomic mass is 10.1. The van der Waals surface area contributed by atoms with E-state index in [0.717, 1.165) is 16.6 Å². The largest absolute Gasteiger partial charge is 0.467 e. The number of nitrogens with zero attached hydrogens (tertiary/aromatic N) is 2. The van der Waals surface area contributed by atoms with E-state index in [0.29, 0.717) is 12.2 Å². The molecule has 6 nitrogen and oxygen atoms in total. The molecule has 2 heterocycles. The van der Waals surface area contributed by atoms with Crippen molar-refractivity contribution < 1.29 is 9.53 Å². The molecule has 1 atom stereocenters. The Labute approximate surface area is 128 Å². The van der Waals surface area contributed by atoms with Gasteiger partial charge in [-0.25, -0.2) is 9.78 Å². The number of aromatic nitrogens is 2. The number of carbonyl (C=O) groups excluding carboxylic acids is 1. The Balaban J connectivity index is 0.00000200. The number of methoxy groups -OCH3 is 1. The third-order valence-electron chi connectivity index (χ3n) is 2.69. The minimum atomic E-state index is -0.422. The first-order valence-electron chi connectivity index (χ1n) is 6.00. The number of esters is 1. The first-order chi connectivity index (χ1) is 9.15. The van der Waals surface area contributed by atoms with E-state index in [4.69, 9.17) is 10.5 Å². The summed E-state index contributed by atoms with van der Waals surface area (Å²) >= 11 is 1.51. The van der Waals surface area contributed by atoms with Crippen molar-refractivity contribution in [2.75, 3.05) is 18.2 Å². The number of hydrogen-bond acceptors (Lipinski definition) is 7. The molecular weight excluding hydrogens is 296 g/mol. The van der Waals surface area contributed by atoms with E-state index in [1.165, 1.54) is 18.4 Å². The van der Waals surface area contributed by atoms with Crippen molar-refractivity contribution in [3.63, 3.8) is 0 Å². The van der Waals surface area contributed by atoms with Gasteiger partial charge in [0.25, 0.3) is 0 Å². The van der Waals surface area contributed by atoms with E-state index in [1.807, 2.05) is 18.4 Å². The molecule has 0 radical (unpaired) electrons. The van der Waals surface area contributed by atoms with Crippen molar-refractivity contribution in [2.45, 2.75) is 25.8 Å². The van der Waals surface area contributed by atoms with E-state index in [1.54, 1.807) is 0 Å². The molecule has 8 heteroatoms. The quantitative estimate of drug-likeness (QED) is 0.822. The van der Waals surface area contributed by atoms with Gasteiger partial charge in [0.05, 0.1) is 17.3 Å². The van der Waals surface area contributed by atoms with Crippen LogP contribution in [0.15, 0.2) is 11.4 Å². The van der Waals surface area contributed by atoms with Crippen LogP contribution in [0, 0.1) is 0 Å². The zero-order chi connectivity index (χ0) is 13.8. The molecule has 3 N–H and O–H groups in total. The molecule has 0 saturated carbocycles. The Bertz CT molecular complexity index is 588. The Hall–Kier alpha value is -1.54. The number of ether oxygens (including phenoxy) is 1. The lowest BCUT2D eigenvalue weighted by Crippen LogP contribution is -2.31. The zero-order valence-electron chi connectivity index (χ0n) is 11.3. The van der Waals surface area contributed by atoms with E-state index in [9.17, 15) is 4.79 Å². The highest BCUT2D eigenvalue weighted by molar-refractivity contribution is 7.59. The number of rotatable bonds is 5. The van der Waals surface area contributed by atoms with Crippen molar-refractivity contribution in [1.82, 2.24) is 9.97 Å². The maximum atomic E-state index is 11.7. The van der Waals surface area contributed by atoms with E-state index in [2.05, 4.69) is 15.3 Å². The summed E-state index contributed by atoms with van der Waals surface area (Å²) in [5, 5.41) is 5.02. The van der Waals surface area contributed by atoms with Crippen LogP contribution in [-0.4, -0.2) is 29.1 Å². The van der Waals surface area contributed by atoms with Crippen LogP contribution in [0.3, 0.4) is 0 Å². The van der Waals surface area contributed by atoms with Gasteiger partial charge >= 0.3 is 5.97 Å². The van der Waals surface area contributed by atoms with Crippen LogP contribution in [0.1, 0.15) is 19.8 Å². The molecule has 110 valence electrons. The Morgan fingerprint density at radius 2 is 2.30 bits per heavy atom. The first-order valence-corrected chi connectivity index (χ1v) is 6.88. The van der Waals surface area contributed by atoms with Crippen LogP contribution >= 0.6 is 24.8 Å². The van der Waals surface area contributed by atoms with Gasteiger partial charge in [-0.1, -0.05) is 13.3 Å². The van der Waals surface area contributed by atoms with Crippen LogP contribution in [0.5, 0.6) is 0 Å². The fourth-order valence-corrected chi connectivity index (χ4v) is 2.61. The summed E-state index contributed by atoms with van der Waals surface area (Å²) in [5.41, 5.74) is 6.45. The van der Waals surface area contributed by atoms with Crippen LogP contribution in [0.25, 0.3) is 10.2 Å². The minimum Gasteiger partial charge on any atom is -0.467 e. The molecule has 2 aromatic rings. The number of carbonyl (C=O) groups is 1. The average molecular weight is 314 g/mol. The van der Waals surface area contributed by atoms with Gasteiger partial charge in [-0.05, 0) is 17.9 Å². The molecule has 0 spiro atoms.